The van der Waals surface area contributed by atoms with Crippen LogP contribution in [-0.2, 0) is 4.79 Å². The molecule has 0 aliphatic carbocycles. The number of nitrogens with zero attached hydrogens (tertiary/aromatic N) is 1. The third-order valence-corrected chi connectivity index (χ3v) is 3.66. The zero-order valence-corrected chi connectivity index (χ0v) is 14.2. The number of hydrogen-bond donors (Lipinski definition) is 1. The van der Waals surface area contributed by atoms with Crippen molar-refractivity contribution in [2.45, 2.75) is 25.6 Å². The first kappa shape index (κ1) is 19.0. The Morgan fingerprint density at radius 1 is 1.44 bits per heavy atom. The molecule has 25 heavy (non-hydrogen) atoms. The summed E-state index contributed by atoms with van der Waals surface area (Å²) in [5.41, 5.74) is 1.60. The van der Waals surface area contributed by atoms with Crippen LogP contribution in [0.5, 0.6) is 0 Å². The van der Waals surface area contributed by atoms with Crippen molar-refractivity contribution in [3.05, 3.63) is 65.2 Å². The molecule has 1 unspecified atom stereocenters. The van der Waals surface area contributed by atoms with Crippen molar-refractivity contribution in [2.24, 2.45) is 4.99 Å². The number of rotatable bonds is 4. The van der Waals surface area contributed by atoms with Crippen LogP contribution in [0.1, 0.15) is 18.9 Å². The van der Waals surface area contributed by atoms with Crippen molar-refractivity contribution >= 4 is 28.9 Å². The smallest absolute Gasteiger partial charge is 0.324 e. The molecule has 2 rings (SSSR count). The van der Waals surface area contributed by atoms with E-state index in [1.54, 1.807) is 43.4 Å². The number of carbonyl (C=O) groups is 1. The van der Waals surface area contributed by atoms with Gasteiger partial charge in [-0.3, -0.25) is 9.79 Å². The normalized spacial score (nSPS) is 18.4. The van der Waals surface area contributed by atoms with Crippen molar-refractivity contribution < 1.29 is 18.0 Å². The summed E-state index contributed by atoms with van der Waals surface area (Å²) in [5, 5.41) is 2.88. The average Bonchev–Trinajstić information content (AvgIpc) is 2.63. The van der Waals surface area contributed by atoms with Gasteiger partial charge >= 0.3 is 6.18 Å². The third-order valence-electron chi connectivity index (χ3n) is 3.42. The molecular weight excluding hydrogens is 353 g/mol. The van der Waals surface area contributed by atoms with Gasteiger partial charge < -0.3 is 5.32 Å². The summed E-state index contributed by atoms with van der Waals surface area (Å²) in [7, 11) is 0. The minimum Gasteiger partial charge on any atom is -0.324 e. The maximum Gasteiger partial charge on any atom is 0.391 e. The van der Waals surface area contributed by atoms with Crippen LogP contribution in [-0.4, -0.2) is 23.8 Å². The number of anilines is 1. The molecule has 1 amide bonds. The first-order valence-corrected chi connectivity index (χ1v) is 7.84. The molecule has 1 N–H and O–H groups in total. The fourth-order valence-electron chi connectivity index (χ4n) is 2.43. The number of aliphatic imine (C=N–C) groups is 1. The molecule has 1 aromatic carbocycles. The fraction of sp³-hybridized carbons (Fsp3) is 0.222. The number of benzodiazepines with no additional fused rings is 1. The average molecular weight is 369 g/mol. The van der Waals surface area contributed by atoms with Crippen LogP contribution < -0.4 is 5.32 Å². The summed E-state index contributed by atoms with van der Waals surface area (Å²) in [6.07, 6.45) is 0.659. The van der Waals surface area contributed by atoms with Crippen LogP contribution in [0.2, 0.25) is 5.02 Å². The number of allylic oxidation sites excluding steroid dienone is 5. The van der Waals surface area contributed by atoms with E-state index in [1.165, 1.54) is 6.08 Å². The lowest BCUT2D eigenvalue weighted by Crippen LogP contribution is -2.30. The molecule has 1 atom stereocenters. The first-order chi connectivity index (χ1) is 11.7. The Morgan fingerprint density at radius 2 is 2.16 bits per heavy atom. The largest absolute Gasteiger partial charge is 0.391 e. The van der Waals surface area contributed by atoms with Gasteiger partial charge in [-0.25, -0.2) is 0 Å². The van der Waals surface area contributed by atoms with Crippen molar-refractivity contribution in [2.75, 3.05) is 5.32 Å². The van der Waals surface area contributed by atoms with E-state index in [4.69, 9.17) is 11.6 Å². The Kier molecular flexibility index (Phi) is 5.85. The summed E-state index contributed by atoms with van der Waals surface area (Å²) in [6, 6.07) is 3.07. The predicted molar refractivity (Wildman–Crippen MR) is 94.2 cm³/mol. The van der Waals surface area contributed by atoms with E-state index >= 15 is 0 Å². The van der Waals surface area contributed by atoms with Crippen LogP contribution >= 0.6 is 11.6 Å². The van der Waals surface area contributed by atoms with Gasteiger partial charge in [0.2, 0.25) is 5.91 Å². The van der Waals surface area contributed by atoms with Crippen molar-refractivity contribution in [1.82, 2.24) is 0 Å². The maximum atomic E-state index is 12.8. The molecule has 1 heterocycles. The highest BCUT2D eigenvalue weighted by atomic mass is 35.5. The van der Waals surface area contributed by atoms with E-state index in [9.17, 15) is 18.0 Å². The van der Waals surface area contributed by atoms with Gasteiger partial charge in [0.05, 0.1) is 17.8 Å². The molecule has 0 saturated heterocycles. The summed E-state index contributed by atoms with van der Waals surface area (Å²) in [6.45, 7) is 5.38. The quantitative estimate of drug-likeness (QED) is 0.739. The molecule has 0 saturated carbocycles. The summed E-state index contributed by atoms with van der Waals surface area (Å²) in [4.78, 5) is 16.3. The number of halogens is 4. The third kappa shape index (κ3) is 4.82. The van der Waals surface area contributed by atoms with Gasteiger partial charge in [-0.15, -0.1) is 0 Å². The van der Waals surface area contributed by atoms with Gasteiger partial charge in [-0.1, -0.05) is 42.5 Å². The van der Waals surface area contributed by atoms with Crippen LogP contribution in [0.4, 0.5) is 18.9 Å². The Bertz CT molecular complexity index is 779. The minimum atomic E-state index is -4.52. The van der Waals surface area contributed by atoms with Gasteiger partial charge in [0.15, 0.2) is 0 Å². The highest BCUT2D eigenvalue weighted by molar-refractivity contribution is 6.32. The molecule has 1 aliphatic heterocycles. The monoisotopic (exact) mass is 368 g/mol. The molecule has 1 aliphatic rings. The van der Waals surface area contributed by atoms with Crippen LogP contribution in [0, 0.1) is 0 Å². The summed E-state index contributed by atoms with van der Waals surface area (Å²) < 4.78 is 38.5. The second kappa shape index (κ2) is 7.70. The number of hydrogen-bond acceptors (Lipinski definition) is 2. The summed E-state index contributed by atoms with van der Waals surface area (Å²) >= 11 is 6.03. The van der Waals surface area contributed by atoms with Crippen molar-refractivity contribution in [1.29, 1.82) is 0 Å². The second-order valence-electron chi connectivity index (χ2n) is 5.35. The van der Waals surface area contributed by atoms with Gasteiger partial charge in [0, 0.05) is 16.2 Å². The number of carbonyl (C=O) groups excluding carboxylic acids is 1. The van der Waals surface area contributed by atoms with E-state index in [0.29, 0.717) is 21.8 Å². The molecule has 0 fully saturated rings. The van der Waals surface area contributed by atoms with E-state index in [2.05, 4.69) is 16.9 Å². The highest BCUT2D eigenvalue weighted by Gasteiger charge is 2.37. The number of alkyl halides is 3. The SMILES string of the molecule is C=C/C=C(\C=C/C)C1=NC(CC(F)(F)F)C(=O)Nc2ccc(Cl)cc21. The van der Waals surface area contributed by atoms with E-state index < -0.39 is 24.5 Å². The Hall–Kier alpha value is -2.34. The predicted octanol–water partition coefficient (Wildman–Crippen LogP) is 5.09. The van der Waals surface area contributed by atoms with E-state index in [0.717, 1.165) is 0 Å². The van der Waals surface area contributed by atoms with Gasteiger partial charge in [0.1, 0.15) is 6.04 Å². The minimum absolute atomic E-state index is 0.253. The van der Waals surface area contributed by atoms with Crippen molar-refractivity contribution in [3.8, 4) is 0 Å². The van der Waals surface area contributed by atoms with Crippen LogP contribution in [0.25, 0.3) is 0 Å². The molecule has 132 valence electrons. The number of fused-ring (bicyclic) bond motifs is 1. The van der Waals surface area contributed by atoms with Gasteiger partial charge in [-0.2, -0.15) is 13.2 Å². The lowest BCUT2D eigenvalue weighted by atomic mass is 9.99. The lowest BCUT2D eigenvalue weighted by Gasteiger charge is -2.13. The number of nitrogens with one attached hydrogen (secondary N) is 1. The molecule has 1 aromatic rings. The van der Waals surface area contributed by atoms with Gasteiger partial charge in [-0.05, 0) is 25.1 Å². The first-order valence-electron chi connectivity index (χ1n) is 7.46. The molecule has 0 spiro atoms. The zero-order valence-electron chi connectivity index (χ0n) is 13.4. The van der Waals surface area contributed by atoms with Crippen LogP contribution in [0.3, 0.4) is 0 Å². The second-order valence-corrected chi connectivity index (χ2v) is 5.79. The maximum absolute atomic E-state index is 12.8. The van der Waals surface area contributed by atoms with E-state index in [-0.39, 0.29) is 5.71 Å². The summed E-state index contributed by atoms with van der Waals surface area (Å²) in [5.74, 6) is -0.811. The standard InChI is InChI=1S/C18H16ClF3N2O/c1-3-5-11(6-4-2)16-13-9-12(19)7-8-14(13)24-17(25)15(23-16)10-18(20,21)22/h3-9,15H,1,10H2,2H3,(H,24,25)/b6-4-,11-5+. The van der Waals surface area contributed by atoms with Crippen LogP contribution in [0.15, 0.2) is 59.6 Å². The Morgan fingerprint density at radius 3 is 2.76 bits per heavy atom. The molecule has 7 heteroatoms. The molecule has 0 radical (unpaired) electrons. The fourth-order valence-corrected chi connectivity index (χ4v) is 2.60. The Labute approximate surface area is 148 Å². The van der Waals surface area contributed by atoms with Crippen molar-refractivity contribution in [3.63, 3.8) is 0 Å². The molecule has 3 nitrogen and oxygen atoms in total. The van der Waals surface area contributed by atoms with E-state index in [1.807, 2.05) is 0 Å². The number of amides is 1. The molecular formula is C18H16ClF3N2O. The highest BCUT2D eigenvalue weighted by Crippen LogP contribution is 2.31. The molecule has 0 aromatic heterocycles. The lowest BCUT2D eigenvalue weighted by molar-refractivity contribution is -0.145. The topological polar surface area (TPSA) is 41.5 Å². The Balaban J connectivity index is 2.67. The zero-order chi connectivity index (χ0) is 18.6. The number of benzene rings is 1. The molecule has 0 bridgehead atoms. The van der Waals surface area contributed by atoms with Gasteiger partial charge in [0.25, 0.3) is 0 Å².